The Bertz CT molecular complexity index is 191. The average molecular weight is 196 g/mol. The summed E-state index contributed by atoms with van der Waals surface area (Å²) >= 11 is 0. The number of hydrogen-bond acceptors (Lipinski definition) is 2. The fourth-order valence-corrected chi connectivity index (χ4v) is 1.37. The van der Waals surface area contributed by atoms with Crippen LogP contribution in [0.3, 0.4) is 0 Å². The molecule has 0 aliphatic heterocycles. The monoisotopic (exact) mass is 196 g/mol. The molecule has 0 bridgehead atoms. The molecule has 0 aromatic carbocycles. The molecule has 1 atom stereocenters. The third kappa shape index (κ3) is 5.24. The molecule has 82 valence electrons. The lowest BCUT2D eigenvalue weighted by Crippen LogP contribution is -2.32. The molecule has 2 nitrogen and oxygen atoms in total. The normalized spacial score (nSPS) is 14.1. The van der Waals surface area contributed by atoms with Gasteiger partial charge in [-0.2, -0.15) is 5.26 Å². The summed E-state index contributed by atoms with van der Waals surface area (Å²) in [5, 5.41) is 8.88. The van der Waals surface area contributed by atoms with Crippen LogP contribution in [0.1, 0.15) is 47.0 Å². The maximum atomic E-state index is 8.88. The van der Waals surface area contributed by atoms with Gasteiger partial charge in [0.2, 0.25) is 0 Å². The van der Waals surface area contributed by atoms with E-state index in [9.17, 15) is 0 Å². The molecule has 0 amide bonds. The highest BCUT2D eigenvalue weighted by Gasteiger charge is 2.18. The van der Waals surface area contributed by atoms with Crippen molar-refractivity contribution in [2.24, 2.45) is 5.41 Å². The SMILES string of the molecule is CCCC(C)N(C)CCC(C)(C)C#N. The van der Waals surface area contributed by atoms with Gasteiger partial charge in [0, 0.05) is 6.04 Å². The minimum absolute atomic E-state index is 0.180. The van der Waals surface area contributed by atoms with Crippen LogP contribution in [-0.2, 0) is 0 Å². The van der Waals surface area contributed by atoms with Crippen molar-refractivity contribution in [3.63, 3.8) is 0 Å². The first-order valence-electron chi connectivity index (χ1n) is 5.54. The molecule has 0 saturated heterocycles. The molecule has 0 saturated carbocycles. The summed E-state index contributed by atoms with van der Waals surface area (Å²) in [6.45, 7) is 9.49. The fourth-order valence-electron chi connectivity index (χ4n) is 1.37. The van der Waals surface area contributed by atoms with Crippen LogP contribution in [0, 0.1) is 16.7 Å². The van der Waals surface area contributed by atoms with E-state index in [0.717, 1.165) is 13.0 Å². The molecule has 0 spiro atoms. The molecule has 1 unspecified atom stereocenters. The molecule has 0 fully saturated rings. The first kappa shape index (κ1) is 13.4. The smallest absolute Gasteiger partial charge is 0.0684 e. The largest absolute Gasteiger partial charge is 0.304 e. The first-order valence-corrected chi connectivity index (χ1v) is 5.54. The molecule has 0 aromatic heterocycles. The summed E-state index contributed by atoms with van der Waals surface area (Å²) in [7, 11) is 2.15. The van der Waals surface area contributed by atoms with Crippen LogP contribution >= 0.6 is 0 Å². The van der Waals surface area contributed by atoms with Gasteiger partial charge in [0.15, 0.2) is 0 Å². The number of nitriles is 1. The third-order valence-electron chi connectivity index (χ3n) is 2.85. The van der Waals surface area contributed by atoms with Gasteiger partial charge in [0.05, 0.1) is 11.5 Å². The van der Waals surface area contributed by atoms with Crippen molar-refractivity contribution in [1.82, 2.24) is 4.90 Å². The van der Waals surface area contributed by atoms with Crippen LogP contribution in [-0.4, -0.2) is 24.5 Å². The van der Waals surface area contributed by atoms with Gasteiger partial charge in [0.25, 0.3) is 0 Å². The van der Waals surface area contributed by atoms with Crippen molar-refractivity contribution in [2.75, 3.05) is 13.6 Å². The predicted molar refractivity (Wildman–Crippen MR) is 61.0 cm³/mol. The Kier molecular flexibility index (Phi) is 5.79. The van der Waals surface area contributed by atoms with Crippen molar-refractivity contribution in [3.8, 4) is 6.07 Å². The lowest BCUT2D eigenvalue weighted by molar-refractivity contribution is 0.219. The lowest BCUT2D eigenvalue weighted by Gasteiger charge is -2.26. The molecule has 0 heterocycles. The van der Waals surface area contributed by atoms with E-state index in [4.69, 9.17) is 5.26 Å². The minimum atomic E-state index is -0.180. The highest BCUT2D eigenvalue weighted by molar-refractivity contribution is 4.92. The Morgan fingerprint density at radius 2 is 2.00 bits per heavy atom. The van der Waals surface area contributed by atoms with Crippen molar-refractivity contribution >= 4 is 0 Å². The quantitative estimate of drug-likeness (QED) is 0.653. The van der Waals surface area contributed by atoms with Crippen molar-refractivity contribution in [1.29, 1.82) is 5.26 Å². The summed E-state index contributed by atoms with van der Waals surface area (Å²) in [6.07, 6.45) is 3.42. The predicted octanol–water partition coefficient (Wildman–Crippen LogP) is 3.05. The zero-order valence-electron chi connectivity index (χ0n) is 10.3. The Morgan fingerprint density at radius 1 is 1.43 bits per heavy atom. The van der Waals surface area contributed by atoms with E-state index in [1.165, 1.54) is 12.8 Å². The molecule has 0 rings (SSSR count). The van der Waals surface area contributed by atoms with E-state index in [2.05, 4.69) is 31.9 Å². The van der Waals surface area contributed by atoms with Crippen molar-refractivity contribution in [2.45, 2.75) is 53.0 Å². The Balaban J connectivity index is 3.85. The van der Waals surface area contributed by atoms with E-state index in [0.29, 0.717) is 6.04 Å². The highest BCUT2D eigenvalue weighted by atomic mass is 15.1. The van der Waals surface area contributed by atoms with E-state index >= 15 is 0 Å². The van der Waals surface area contributed by atoms with Gasteiger partial charge in [-0.1, -0.05) is 13.3 Å². The summed E-state index contributed by atoms with van der Waals surface area (Å²) in [5.74, 6) is 0. The molecular weight excluding hydrogens is 172 g/mol. The molecule has 0 N–H and O–H groups in total. The molecule has 0 radical (unpaired) electrons. The standard InChI is InChI=1S/C12H24N2/c1-6-7-11(2)14(5)9-8-12(3,4)10-13/h11H,6-9H2,1-5H3. The summed E-state index contributed by atoms with van der Waals surface area (Å²) in [5.41, 5.74) is -0.180. The maximum absolute atomic E-state index is 8.88. The van der Waals surface area contributed by atoms with E-state index in [1.54, 1.807) is 0 Å². The van der Waals surface area contributed by atoms with Gasteiger partial charge in [0.1, 0.15) is 0 Å². The van der Waals surface area contributed by atoms with Crippen LogP contribution < -0.4 is 0 Å². The average Bonchev–Trinajstić information content (AvgIpc) is 2.15. The van der Waals surface area contributed by atoms with Crippen LogP contribution in [0.4, 0.5) is 0 Å². The Morgan fingerprint density at radius 3 is 2.43 bits per heavy atom. The number of hydrogen-bond donors (Lipinski definition) is 0. The number of rotatable bonds is 6. The molecule has 0 aliphatic rings. The van der Waals surface area contributed by atoms with Gasteiger partial charge in [-0.15, -0.1) is 0 Å². The zero-order chi connectivity index (χ0) is 11.2. The van der Waals surface area contributed by atoms with Gasteiger partial charge >= 0.3 is 0 Å². The van der Waals surface area contributed by atoms with Crippen LogP contribution in [0.25, 0.3) is 0 Å². The van der Waals surface area contributed by atoms with Crippen LogP contribution in [0.15, 0.2) is 0 Å². The molecule has 2 heteroatoms. The maximum Gasteiger partial charge on any atom is 0.0684 e. The Hall–Kier alpha value is -0.550. The summed E-state index contributed by atoms with van der Waals surface area (Å²) in [4.78, 5) is 2.35. The minimum Gasteiger partial charge on any atom is -0.304 e. The van der Waals surface area contributed by atoms with Gasteiger partial charge in [-0.3, -0.25) is 0 Å². The second kappa shape index (κ2) is 6.03. The third-order valence-corrected chi connectivity index (χ3v) is 2.85. The number of nitrogens with zero attached hydrogens (tertiary/aromatic N) is 2. The van der Waals surface area contributed by atoms with Crippen molar-refractivity contribution in [3.05, 3.63) is 0 Å². The lowest BCUT2D eigenvalue weighted by atomic mass is 9.91. The van der Waals surface area contributed by atoms with Crippen LogP contribution in [0.2, 0.25) is 0 Å². The molecular formula is C12H24N2. The Labute approximate surface area is 88.9 Å². The second-order valence-electron chi connectivity index (χ2n) is 4.86. The zero-order valence-corrected chi connectivity index (χ0v) is 10.3. The second-order valence-corrected chi connectivity index (χ2v) is 4.86. The molecule has 0 aromatic rings. The summed E-state index contributed by atoms with van der Waals surface area (Å²) < 4.78 is 0. The van der Waals surface area contributed by atoms with Gasteiger partial charge in [-0.25, -0.2) is 0 Å². The van der Waals surface area contributed by atoms with E-state index in [1.807, 2.05) is 13.8 Å². The van der Waals surface area contributed by atoms with Gasteiger partial charge in [-0.05, 0) is 47.2 Å². The fraction of sp³-hybridized carbons (Fsp3) is 0.917. The summed E-state index contributed by atoms with van der Waals surface area (Å²) in [6, 6.07) is 2.97. The topological polar surface area (TPSA) is 27.0 Å². The van der Waals surface area contributed by atoms with Gasteiger partial charge < -0.3 is 4.90 Å². The molecule has 0 aliphatic carbocycles. The van der Waals surface area contributed by atoms with E-state index in [-0.39, 0.29) is 5.41 Å². The first-order chi connectivity index (χ1) is 6.43. The van der Waals surface area contributed by atoms with Crippen molar-refractivity contribution < 1.29 is 0 Å². The molecule has 14 heavy (non-hydrogen) atoms. The van der Waals surface area contributed by atoms with E-state index < -0.39 is 0 Å². The van der Waals surface area contributed by atoms with Crippen LogP contribution in [0.5, 0.6) is 0 Å². The highest BCUT2D eigenvalue weighted by Crippen LogP contribution is 2.19.